The minimum absolute atomic E-state index is 0.0343. The number of likely N-dealkylation sites (tertiary alicyclic amines) is 1. The summed E-state index contributed by atoms with van der Waals surface area (Å²) in [6.45, 7) is 6.82. The Bertz CT molecular complexity index is 1020. The lowest BCUT2D eigenvalue weighted by Crippen LogP contribution is -2.54. The van der Waals surface area contributed by atoms with Gasteiger partial charge in [0.1, 0.15) is 6.04 Å². The number of hydrogen-bond acceptors (Lipinski definition) is 5. The third kappa shape index (κ3) is 5.85. The molecule has 4 N–H and O–H groups in total. The lowest BCUT2D eigenvalue weighted by atomic mass is 9.84. The van der Waals surface area contributed by atoms with E-state index < -0.39 is 29.2 Å². The molecule has 1 atom stereocenters. The maximum absolute atomic E-state index is 12.8. The molecule has 33 heavy (non-hydrogen) atoms. The van der Waals surface area contributed by atoms with Crippen molar-refractivity contribution in [1.29, 1.82) is 0 Å². The van der Waals surface area contributed by atoms with Crippen LogP contribution in [-0.4, -0.2) is 63.2 Å². The van der Waals surface area contributed by atoms with E-state index in [1.54, 1.807) is 18.2 Å². The van der Waals surface area contributed by atoms with E-state index in [0.29, 0.717) is 25.9 Å². The van der Waals surface area contributed by atoms with Gasteiger partial charge in [-0.05, 0) is 30.4 Å². The average molecular weight is 496 g/mol. The number of carboxylic acid groups (broad SMARTS) is 1. The smallest absolute Gasteiger partial charge is 0.321 e. The van der Waals surface area contributed by atoms with Gasteiger partial charge in [-0.25, -0.2) is 0 Å². The molecular formula is C22H27Cl2N5O4. The van der Waals surface area contributed by atoms with Crippen molar-refractivity contribution < 1.29 is 19.5 Å². The second kappa shape index (κ2) is 10.1. The molecule has 1 unspecified atom stereocenters. The van der Waals surface area contributed by atoms with Crippen LogP contribution in [-0.2, 0) is 4.79 Å². The fourth-order valence-electron chi connectivity index (χ4n) is 4.09. The zero-order valence-corrected chi connectivity index (χ0v) is 20.1. The summed E-state index contributed by atoms with van der Waals surface area (Å²) in [4.78, 5) is 39.2. The van der Waals surface area contributed by atoms with Gasteiger partial charge in [-0.2, -0.15) is 5.10 Å². The van der Waals surface area contributed by atoms with Gasteiger partial charge in [0, 0.05) is 25.3 Å². The number of aromatic nitrogens is 2. The van der Waals surface area contributed by atoms with Crippen LogP contribution in [0, 0.1) is 5.41 Å². The van der Waals surface area contributed by atoms with Crippen LogP contribution in [0.2, 0.25) is 10.0 Å². The van der Waals surface area contributed by atoms with Crippen molar-refractivity contribution in [3.63, 3.8) is 0 Å². The van der Waals surface area contributed by atoms with E-state index in [1.165, 1.54) is 6.20 Å². The first-order chi connectivity index (χ1) is 15.5. The molecule has 178 valence electrons. The predicted octanol–water partition coefficient (Wildman–Crippen LogP) is 3.66. The fraction of sp³-hybridized carbons (Fsp3) is 0.455. The van der Waals surface area contributed by atoms with E-state index in [0.717, 1.165) is 0 Å². The van der Waals surface area contributed by atoms with Crippen molar-refractivity contribution >= 4 is 46.7 Å². The molecule has 3 rings (SSSR count). The number of halogens is 2. The Morgan fingerprint density at radius 3 is 2.30 bits per heavy atom. The minimum atomic E-state index is -0.847. The minimum Gasteiger partial charge on any atom is -0.480 e. The Morgan fingerprint density at radius 1 is 1.15 bits per heavy atom. The molecule has 1 aromatic carbocycles. The fourth-order valence-corrected chi connectivity index (χ4v) is 4.66. The van der Waals surface area contributed by atoms with E-state index in [9.17, 15) is 19.5 Å². The highest BCUT2D eigenvalue weighted by atomic mass is 35.5. The number of H-pyrrole nitrogens is 1. The van der Waals surface area contributed by atoms with Crippen LogP contribution in [0.25, 0.3) is 0 Å². The van der Waals surface area contributed by atoms with Gasteiger partial charge in [-0.15, -0.1) is 0 Å². The second-order valence-electron chi connectivity index (χ2n) is 9.09. The van der Waals surface area contributed by atoms with E-state index >= 15 is 0 Å². The summed E-state index contributed by atoms with van der Waals surface area (Å²) >= 11 is 12.2. The molecule has 9 nitrogen and oxygen atoms in total. The maximum Gasteiger partial charge on any atom is 0.321 e. The molecule has 0 spiro atoms. The predicted molar refractivity (Wildman–Crippen MR) is 126 cm³/mol. The summed E-state index contributed by atoms with van der Waals surface area (Å²) in [6.07, 6.45) is 2.61. The SMILES string of the molecule is CC(C)(C)C(C(=O)O)N1CCC(NC(=O)c2n[nH]cc2NC(=O)c2c(Cl)cccc2Cl)CC1. The van der Waals surface area contributed by atoms with Gasteiger partial charge < -0.3 is 15.7 Å². The third-order valence-electron chi connectivity index (χ3n) is 5.58. The number of carboxylic acids is 1. The summed E-state index contributed by atoms with van der Waals surface area (Å²) in [5.41, 5.74) is -0.0708. The monoisotopic (exact) mass is 495 g/mol. The molecule has 2 heterocycles. The van der Waals surface area contributed by atoms with Crippen molar-refractivity contribution in [2.75, 3.05) is 18.4 Å². The Hall–Kier alpha value is -2.62. The first-order valence-corrected chi connectivity index (χ1v) is 11.3. The van der Waals surface area contributed by atoms with Crippen molar-refractivity contribution in [2.24, 2.45) is 5.41 Å². The number of rotatable bonds is 6. The van der Waals surface area contributed by atoms with E-state index in [4.69, 9.17) is 23.2 Å². The molecule has 0 bridgehead atoms. The Labute approximate surface area is 201 Å². The van der Waals surface area contributed by atoms with Crippen LogP contribution in [0.5, 0.6) is 0 Å². The number of aromatic amines is 1. The van der Waals surface area contributed by atoms with E-state index in [1.807, 2.05) is 25.7 Å². The number of carbonyl (C=O) groups excluding carboxylic acids is 2. The lowest BCUT2D eigenvalue weighted by Gasteiger charge is -2.41. The summed E-state index contributed by atoms with van der Waals surface area (Å²) < 4.78 is 0. The van der Waals surface area contributed by atoms with E-state index in [2.05, 4.69) is 20.8 Å². The van der Waals surface area contributed by atoms with Gasteiger partial charge in [0.25, 0.3) is 11.8 Å². The molecule has 1 saturated heterocycles. The quantitative estimate of drug-likeness (QED) is 0.484. The number of benzene rings is 1. The molecule has 11 heteroatoms. The van der Waals surface area contributed by atoms with Gasteiger partial charge in [0.15, 0.2) is 5.69 Å². The number of amides is 2. The van der Waals surface area contributed by atoms with Crippen molar-refractivity contribution in [2.45, 2.75) is 45.7 Å². The Morgan fingerprint density at radius 2 is 1.76 bits per heavy atom. The van der Waals surface area contributed by atoms with Crippen LogP contribution in [0.15, 0.2) is 24.4 Å². The number of nitrogens with zero attached hydrogens (tertiary/aromatic N) is 2. The van der Waals surface area contributed by atoms with Gasteiger partial charge >= 0.3 is 5.97 Å². The number of aliphatic carboxylic acids is 1. The molecule has 0 saturated carbocycles. The van der Waals surface area contributed by atoms with Crippen LogP contribution < -0.4 is 10.6 Å². The van der Waals surface area contributed by atoms with Gasteiger partial charge in [0.05, 0.1) is 21.3 Å². The highest BCUT2D eigenvalue weighted by Gasteiger charge is 2.38. The Balaban J connectivity index is 1.62. The largest absolute Gasteiger partial charge is 0.480 e. The molecule has 1 aromatic heterocycles. The number of carbonyl (C=O) groups is 3. The molecule has 2 amide bonds. The summed E-state index contributed by atoms with van der Waals surface area (Å²) in [5, 5.41) is 22.1. The zero-order chi connectivity index (χ0) is 24.3. The van der Waals surface area contributed by atoms with Crippen LogP contribution in [0.1, 0.15) is 54.5 Å². The number of hydrogen-bond donors (Lipinski definition) is 4. The topological polar surface area (TPSA) is 127 Å². The van der Waals surface area contributed by atoms with Crippen molar-refractivity contribution in [3.8, 4) is 0 Å². The molecule has 2 aromatic rings. The highest BCUT2D eigenvalue weighted by molar-refractivity contribution is 6.40. The number of anilines is 1. The molecule has 0 radical (unpaired) electrons. The van der Waals surface area contributed by atoms with E-state index in [-0.39, 0.29) is 33.0 Å². The van der Waals surface area contributed by atoms with Crippen LogP contribution >= 0.6 is 23.2 Å². The summed E-state index contributed by atoms with van der Waals surface area (Å²) in [5.74, 6) is -1.85. The van der Waals surface area contributed by atoms with Crippen molar-refractivity contribution in [1.82, 2.24) is 20.4 Å². The van der Waals surface area contributed by atoms with Gasteiger partial charge in [-0.3, -0.25) is 24.4 Å². The van der Waals surface area contributed by atoms with Gasteiger partial charge in [-0.1, -0.05) is 50.0 Å². The zero-order valence-electron chi connectivity index (χ0n) is 18.6. The second-order valence-corrected chi connectivity index (χ2v) is 9.90. The molecule has 1 aliphatic heterocycles. The van der Waals surface area contributed by atoms with Crippen LogP contribution in [0.4, 0.5) is 5.69 Å². The Kier molecular flexibility index (Phi) is 7.66. The average Bonchev–Trinajstić information content (AvgIpc) is 3.16. The maximum atomic E-state index is 12.8. The third-order valence-corrected chi connectivity index (χ3v) is 6.21. The first kappa shape index (κ1) is 25.0. The molecule has 1 fully saturated rings. The molecule has 0 aliphatic carbocycles. The molecular weight excluding hydrogens is 469 g/mol. The highest BCUT2D eigenvalue weighted by Crippen LogP contribution is 2.28. The van der Waals surface area contributed by atoms with Crippen molar-refractivity contribution in [3.05, 3.63) is 45.7 Å². The first-order valence-electron chi connectivity index (χ1n) is 10.6. The normalized spacial score (nSPS) is 16.3. The van der Waals surface area contributed by atoms with Gasteiger partial charge in [0.2, 0.25) is 0 Å². The number of piperidine rings is 1. The summed E-state index contributed by atoms with van der Waals surface area (Å²) in [7, 11) is 0. The number of nitrogens with one attached hydrogen (secondary N) is 3. The lowest BCUT2D eigenvalue weighted by molar-refractivity contribution is -0.148. The standard InChI is InChI=1S/C22H27Cl2N5O4/c1-22(2,3)18(21(32)33)29-9-7-12(8-10-29)26-20(31)17-15(11-25-28-17)27-19(30)16-13(23)5-4-6-14(16)24/h4-6,11-12,18H,7-10H2,1-3H3,(H,25,28)(H,26,31)(H,27,30)(H,32,33). The summed E-state index contributed by atoms with van der Waals surface area (Å²) in [6, 6.07) is 3.99. The van der Waals surface area contributed by atoms with Crippen LogP contribution in [0.3, 0.4) is 0 Å². The molecule has 1 aliphatic rings.